The van der Waals surface area contributed by atoms with Crippen molar-refractivity contribution >= 4 is 31.7 Å². The second kappa shape index (κ2) is 16.6. The molecule has 5 atom stereocenters. The highest BCUT2D eigenvalue weighted by Gasteiger charge is 2.59. The molecule has 1 saturated heterocycles. The molecule has 246 valence electrons. The van der Waals surface area contributed by atoms with E-state index in [1.54, 1.807) is 60.7 Å². The summed E-state index contributed by atoms with van der Waals surface area (Å²) >= 11 is 0. The van der Waals surface area contributed by atoms with Crippen molar-refractivity contribution in [2.45, 2.75) is 77.5 Å². The molecular formula is C30H37O14P. The molecule has 1 fully saturated rings. The lowest BCUT2D eigenvalue weighted by molar-refractivity contribution is -0.354. The Labute approximate surface area is 260 Å². The molecule has 0 amide bonds. The van der Waals surface area contributed by atoms with Crippen LogP contribution < -0.4 is 0 Å². The molecule has 0 unspecified atom stereocenters. The van der Waals surface area contributed by atoms with Crippen molar-refractivity contribution in [2.75, 3.05) is 13.2 Å². The normalized spacial score (nSPS) is 23.0. The van der Waals surface area contributed by atoms with Gasteiger partial charge >= 0.3 is 31.7 Å². The van der Waals surface area contributed by atoms with Gasteiger partial charge in [0.05, 0.1) is 19.8 Å². The fourth-order valence-corrected chi connectivity index (χ4v) is 5.58. The molecule has 0 saturated carbocycles. The van der Waals surface area contributed by atoms with Crippen LogP contribution in [0.25, 0.3) is 0 Å². The average Bonchev–Trinajstić information content (AvgIpc) is 2.98. The number of hydrogen-bond donors (Lipinski definition) is 1. The van der Waals surface area contributed by atoms with Gasteiger partial charge in [-0.15, -0.1) is 0 Å². The summed E-state index contributed by atoms with van der Waals surface area (Å²) in [6.07, 6.45) is -6.79. The summed E-state index contributed by atoms with van der Waals surface area (Å²) in [5, 5.41) is 11.7. The van der Waals surface area contributed by atoms with E-state index in [0.29, 0.717) is 11.1 Å². The molecule has 1 N–H and O–H groups in total. The summed E-state index contributed by atoms with van der Waals surface area (Å²) in [6, 6.07) is 17.7. The van der Waals surface area contributed by atoms with Crippen molar-refractivity contribution in [3.05, 3.63) is 71.8 Å². The number of ether oxygens (including phenoxy) is 5. The Kier molecular flexibility index (Phi) is 13.2. The molecule has 1 aliphatic heterocycles. The molecule has 1 heterocycles. The van der Waals surface area contributed by atoms with Crippen LogP contribution in [0, 0.1) is 0 Å². The second-order valence-electron chi connectivity index (χ2n) is 10.0. The standard InChI is InChI=1S/C30H37O14P/c1-20(31)37-19-26-27(41-21(2)32)28(42-22(3)33)29(43-23(4)34)30(35,44-26)15-16-38-45(36,39-17-24-11-7-5-8-12-24)40-18-25-13-9-6-10-14-25/h5-14,26-29,35H,15-19H2,1-4H3/t26-,27-,28+,29-,30-/m1/s1. The Morgan fingerprint density at radius 2 is 1.22 bits per heavy atom. The Hall–Kier alpha value is -3.65. The zero-order valence-electron chi connectivity index (χ0n) is 25.3. The van der Waals surface area contributed by atoms with E-state index in [1.165, 1.54) is 0 Å². The van der Waals surface area contributed by atoms with Gasteiger partial charge in [-0.25, -0.2) is 4.57 Å². The first-order chi connectivity index (χ1) is 21.3. The summed E-state index contributed by atoms with van der Waals surface area (Å²) in [5.41, 5.74) is 1.37. The Morgan fingerprint density at radius 3 is 1.69 bits per heavy atom. The van der Waals surface area contributed by atoms with Gasteiger partial charge in [-0.2, -0.15) is 0 Å². The van der Waals surface area contributed by atoms with Crippen LogP contribution in [0.2, 0.25) is 0 Å². The van der Waals surface area contributed by atoms with Gasteiger partial charge in [0.15, 0.2) is 18.3 Å². The van der Waals surface area contributed by atoms with Gasteiger partial charge in [0, 0.05) is 34.1 Å². The van der Waals surface area contributed by atoms with E-state index in [4.69, 9.17) is 37.3 Å². The highest BCUT2D eigenvalue weighted by molar-refractivity contribution is 7.48. The zero-order valence-corrected chi connectivity index (χ0v) is 26.2. The number of aliphatic hydroxyl groups is 1. The maximum absolute atomic E-state index is 13.7. The van der Waals surface area contributed by atoms with Gasteiger partial charge in [0.1, 0.15) is 12.7 Å². The number of esters is 4. The average molecular weight is 653 g/mol. The van der Waals surface area contributed by atoms with Crippen molar-refractivity contribution in [1.29, 1.82) is 0 Å². The molecule has 3 rings (SSSR count). The van der Waals surface area contributed by atoms with Gasteiger partial charge in [-0.3, -0.25) is 32.7 Å². The number of benzene rings is 2. The van der Waals surface area contributed by atoms with Gasteiger partial charge in [-0.05, 0) is 11.1 Å². The minimum Gasteiger partial charge on any atom is -0.463 e. The number of rotatable bonds is 15. The number of phosphoric ester groups is 1. The van der Waals surface area contributed by atoms with Crippen molar-refractivity contribution in [3.8, 4) is 0 Å². The van der Waals surface area contributed by atoms with Crippen molar-refractivity contribution < 1.29 is 66.1 Å². The predicted octanol–water partition coefficient (Wildman–Crippen LogP) is 3.38. The summed E-state index contributed by atoms with van der Waals surface area (Å²) in [6.45, 7) is 2.93. The van der Waals surface area contributed by atoms with Crippen LogP contribution in [-0.4, -0.2) is 72.4 Å². The van der Waals surface area contributed by atoms with E-state index in [-0.39, 0.29) is 13.2 Å². The number of carbonyl (C=O) groups excluding carboxylic acids is 4. The lowest BCUT2D eigenvalue weighted by Crippen LogP contribution is -2.68. The number of hydrogen-bond acceptors (Lipinski definition) is 14. The van der Waals surface area contributed by atoms with Crippen LogP contribution in [0.1, 0.15) is 45.2 Å². The third kappa shape index (κ3) is 11.3. The van der Waals surface area contributed by atoms with Crippen LogP contribution in [0.3, 0.4) is 0 Å². The minimum absolute atomic E-state index is 0.132. The molecule has 0 aliphatic carbocycles. The Bertz CT molecular complexity index is 1290. The van der Waals surface area contributed by atoms with Crippen molar-refractivity contribution in [1.82, 2.24) is 0 Å². The summed E-state index contributed by atoms with van der Waals surface area (Å²) in [7, 11) is -4.30. The molecule has 0 bridgehead atoms. The zero-order chi connectivity index (χ0) is 33.0. The smallest absolute Gasteiger partial charge is 0.463 e. The molecule has 2 aromatic carbocycles. The molecule has 2 aromatic rings. The maximum atomic E-state index is 13.7. The highest BCUT2D eigenvalue weighted by atomic mass is 31.2. The van der Waals surface area contributed by atoms with Crippen LogP contribution in [0.5, 0.6) is 0 Å². The SMILES string of the molecule is CC(=O)OC[C@H]1O[C@](O)(CCOP(=O)(OCc2ccccc2)OCc2ccccc2)[C@H](OC(C)=O)[C@@H](OC(C)=O)[C@@H]1OC(C)=O. The van der Waals surface area contributed by atoms with Crippen LogP contribution in [0.15, 0.2) is 60.7 Å². The monoisotopic (exact) mass is 652 g/mol. The third-order valence-electron chi connectivity index (χ3n) is 6.31. The molecule has 1 aliphatic rings. The second-order valence-corrected chi connectivity index (χ2v) is 11.7. The molecular weight excluding hydrogens is 615 g/mol. The molecule has 0 spiro atoms. The first-order valence-corrected chi connectivity index (χ1v) is 15.4. The van der Waals surface area contributed by atoms with Crippen molar-refractivity contribution in [2.24, 2.45) is 0 Å². The Balaban J connectivity index is 1.87. The van der Waals surface area contributed by atoms with E-state index < -0.39 is 81.5 Å². The van der Waals surface area contributed by atoms with E-state index in [1.807, 2.05) is 0 Å². The van der Waals surface area contributed by atoms with E-state index in [0.717, 1.165) is 27.7 Å². The number of phosphoric acid groups is 1. The van der Waals surface area contributed by atoms with E-state index in [2.05, 4.69) is 0 Å². The molecule has 0 aromatic heterocycles. The first kappa shape index (κ1) is 35.8. The highest BCUT2D eigenvalue weighted by Crippen LogP contribution is 2.51. The fourth-order valence-electron chi connectivity index (χ4n) is 4.43. The summed E-state index contributed by atoms with van der Waals surface area (Å²) in [4.78, 5) is 47.7. The molecule has 45 heavy (non-hydrogen) atoms. The van der Waals surface area contributed by atoms with E-state index in [9.17, 15) is 28.8 Å². The largest absolute Gasteiger partial charge is 0.475 e. The number of carbonyl (C=O) groups is 4. The summed E-state index contributed by atoms with van der Waals surface area (Å²) < 4.78 is 57.3. The predicted molar refractivity (Wildman–Crippen MR) is 154 cm³/mol. The maximum Gasteiger partial charge on any atom is 0.475 e. The molecule has 15 heteroatoms. The van der Waals surface area contributed by atoms with Crippen LogP contribution in [-0.2, 0) is 74.2 Å². The Morgan fingerprint density at radius 1 is 0.733 bits per heavy atom. The van der Waals surface area contributed by atoms with Crippen LogP contribution in [0.4, 0.5) is 0 Å². The van der Waals surface area contributed by atoms with Crippen LogP contribution >= 0.6 is 7.82 Å². The topological polar surface area (TPSA) is 179 Å². The van der Waals surface area contributed by atoms with Gasteiger partial charge in [0.25, 0.3) is 0 Å². The van der Waals surface area contributed by atoms with Gasteiger partial charge in [-0.1, -0.05) is 60.7 Å². The van der Waals surface area contributed by atoms with Gasteiger partial charge in [0.2, 0.25) is 5.79 Å². The lowest BCUT2D eigenvalue weighted by Gasteiger charge is -2.48. The van der Waals surface area contributed by atoms with Gasteiger partial charge < -0.3 is 28.8 Å². The minimum atomic E-state index is -4.30. The fraction of sp³-hybridized carbons (Fsp3) is 0.467. The third-order valence-corrected chi connectivity index (χ3v) is 7.70. The quantitative estimate of drug-likeness (QED) is 0.168. The summed E-state index contributed by atoms with van der Waals surface area (Å²) in [5.74, 6) is -5.81. The molecule has 0 radical (unpaired) electrons. The molecule has 14 nitrogen and oxygen atoms in total. The van der Waals surface area contributed by atoms with E-state index >= 15 is 0 Å². The van der Waals surface area contributed by atoms with Crippen molar-refractivity contribution in [3.63, 3.8) is 0 Å². The first-order valence-electron chi connectivity index (χ1n) is 14.0. The lowest BCUT2D eigenvalue weighted by atomic mass is 9.90.